The van der Waals surface area contributed by atoms with E-state index in [1.807, 2.05) is 67.6 Å². The van der Waals surface area contributed by atoms with Crippen molar-refractivity contribution in [1.29, 1.82) is 0 Å². The molecule has 4 nitrogen and oxygen atoms in total. The van der Waals surface area contributed by atoms with Crippen LogP contribution in [-0.2, 0) is 13.1 Å². The number of pyridine rings is 1. The lowest BCUT2D eigenvalue weighted by Crippen LogP contribution is -2.31. The largest absolute Gasteiger partial charge is 0.381 e. The summed E-state index contributed by atoms with van der Waals surface area (Å²) >= 11 is 0. The summed E-state index contributed by atoms with van der Waals surface area (Å²) in [5, 5.41) is 3.35. The van der Waals surface area contributed by atoms with Gasteiger partial charge >= 0.3 is 0 Å². The van der Waals surface area contributed by atoms with E-state index in [1.165, 1.54) is 5.56 Å². The molecule has 26 heavy (non-hydrogen) atoms. The molecule has 0 aliphatic carbocycles. The van der Waals surface area contributed by atoms with Gasteiger partial charge in [-0.05, 0) is 30.2 Å². The van der Waals surface area contributed by atoms with Crippen LogP contribution in [0.1, 0.15) is 28.5 Å². The number of benzene rings is 2. The van der Waals surface area contributed by atoms with Gasteiger partial charge in [-0.1, -0.05) is 60.7 Å². The number of hydrogen-bond donors (Lipinski definition) is 1. The Kier molecular flexibility index (Phi) is 5.99. The SMILES string of the molecule is CCN(Cc1ccccc1)C(=O)c1cc(NCc2ccccc2)ccn1. The lowest BCUT2D eigenvalue weighted by atomic mass is 10.2. The third-order valence-electron chi connectivity index (χ3n) is 4.20. The van der Waals surface area contributed by atoms with E-state index in [0.717, 1.165) is 11.3 Å². The molecule has 1 amide bonds. The summed E-state index contributed by atoms with van der Waals surface area (Å²) in [5.41, 5.74) is 3.65. The number of carbonyl (C=O) groups excluding carboxylic acids is 1. The summed E-state index contributed by atoms with van der Waals surface area (Å²) in [4.78, 5) is 18.9. The van der Waals surface area contributed by atoms with E-state index < -0.39 is 0 Å². The van der Waals surface area contributed by atoms with E-state index >= 15 is 0 Å². The smallest absolute Gasteiger partial charge is 0.272 e. The maximum absolute atomic E-state index is 12.8. The Hall–Kier alpha value is -3.14. The molecule has 0 saturated carbocycles. The van der Waals surface area contributed by atoms with E-state index in [1.54, 1.807) is 11.1 Å². The zero-order valence-electron chi connectivity index (χ0n) is 14.9. The minimum Gasteiger partial charge on any atom is -0.381 e. The average Bonchev–Trinajstić information content (AvgIpc) is 2.72. The van der Waals surface area contributed by atoms with Gasteiger partial charge in [0.1, 0.15) is 5.69 Å². The van der Waals surface area contributed by atoms with E-state index in [4.69, 9.17) is 0 Å². The minimum absolute atomic E-state index is 0.0558. The van der Waals surface area contributed by atoms with Gasteiger partial charge in [-0.15, -0.1) is 0 Å². The first kappa shape index (κ1) is 17.7. The summed E-state index contributed by atoms with van der Waals surface area (Å²) < 4.78 is 0. The molecule has 0 aliphatic heterocycles. The van der Waals surface area contributed by atoms with Crippen molar-refractivity contribution in [3.63, 3.8) is 0 Å². The first-order valence-electron chi connectivity index (χ1n) is 8.83. The van der Waals surface area contributed by atoms with Crippen LogP contribution in [0.25, 0.3) is 0 Å². The van der Waals surface area contributed by atoms with Crippen molar-refractivity contribution in [2.75, 3.05) is 11.9 Å². The van der Waals surface area contributed by atoms with E-state index in [-0.39, 0.29) is 5.91 Å². The molecule has 0 unspecified atom stereocenters. The van der Waals surface area contributed by atoms with E-state index in [9.17, 15) is 4.79 Å². The molecule has 0 spiro atoms. The van der Waals surface area contributed by atoms with Gasteiger partial charge in [0.05, 0.1) is 0 Å². The molecule has 0 fully saturated rings. The minimum atomic E-state index is -0.0558. The van der Waals surface area contributed by atoms with Crippen LogP contribution < -0.4 is 5.32 Å². The number of rotatable bonds is 7. The van der Waals surface area contributed by atoms with Gasteiger partial charge in [-0.3, -0.25) is 9.78 Å². The molecule has 1 aromatic heterocycles. The lowest BCUT2D eigenvalue weighted by molar-refractivity contribution is 0.0746. The number of hydrogen-bond acceptors (Lipinski definition) is 3. The second kappa shape index (κ2) is 8.81. The van der Waals surface area contributed by atoms with Crippen molar-refractivity contribution in [3.05, 3.63) is 95.8 Å². The molecule has 4 heteroatoms. The molecule has 0 radical (unpaired) electrons. The van der Waals surface area contributed by atoms with Gasteiger partial charge < -0.3 is 10.2 Å². The summed E-state index contributed by atoms with van der Waals surface area (Å²) in [6.45, 7) is 3.91. The quantitative estimate of drug-likeness (QED) is 0.692. The fourth-order valence-corrected chi connectivity index (χ4v) is 2.75. The molecule has 0 atom stereocenters. The zero-order valence-corrected chi connectivity index (χ0v) is 14.9. The maximum atomic E-state index is 12.8. The third kappa shape index (κ3) is 4.70. The van der Waals surface area contributed by atoms with Crippen LogP contribution in [0.2, 0.25) is 0 Å². The van der Waals surface area contributed by atoms with Crippen molar-refractivity contribution in [2.24, 2.45) is 0 Å². The first-order valence-corrected chi connectivity index (χ1v) is 8.83. The summed E-state index contributed by atoms with van der Waals surface area (Å²) in [6.07, 6.45) is 1.68. The Balaban J connectivity index is 1.68. The molecular weight excluding hydrogens is 322 g/mol. The molecular formula is C22H23N3O. The Bertz CT molecular complexity index is 834. The van der Waals surface area contributed by atoms with Crippen LogP contribution in [-0.4, -0.2) is 22.3 Å². The zero-order chi connectivity index (χ0) is 18.2. The number of anilines is 1. The van der Waals surface area contributed by atoms with Crippen LogP contribution in [0.15, 0.2) is 79.0 Å². The summed E-state index contributed by atoms with van der Waals surface area (Å²) in [5.74, 6) is -0.0558. The number of nitrogens with zero attached hydrogens (tertiary/aromatic N) is 2. The molecule has 0 saturated heterocycles. The summed E-state index contributed by atoms with van der Waals surface area (Å²) in [7, 11) is 0. The van der Waals surface area contributed by atoms with Crippen molar-refractivity contribution in [3.8, 4) is 0 Å². The Labute approximate surface area is 154 Å². The van der Waals surface area contributed by atoms with Crippen LogP contribution in [0, 0.1) is 0 Å². The molecule has 1 heterocycles. The van der Waals surface area contributed by atoms with Gasteiger partial charge in [0.25, 0.3) is 5.91 Å². The highest BCUT2D eigenvalue weighted by atomic mass is 16.2. The van der Waals surface area contributed by atoms with E-state index in [2.05, 4.69) is 22.4 Å². The van der Waals surface area contributed by atoms with Crippen molar-refractivity contribution >= 4 is 11.6 Å². The second-order valence-electron chi connectivity index (χ2n) is 6.07. The first-order chi connectivity index (χ1) is 12.8. The number of aromatic nitrogens is 1. The van der Waals surface area contributed by atoms with Crippen LogP contribution >= 0.6 is 0 Å². The molecule has 0 aliphatic rings. The fraction of sp³-hybridized carbons (Fsp3) is 0.182. The number of carbonyl (C=O) groups is 1. The average molecular weight is 345 g/mol. The van der Waals surface area contributed by atoms with Crippen LogP contribution in [0.3, 0.4) is 0 Å². The summed E-state index contributed by atoms with van der Waals surface area (Å²) in [6, 6.07) is 23.9. The van der Waals surface area contributed by atoms with E-state index in [0.29, 0.717) is 25.3 Å². The monoisotopic (exact) mass is 345 g/mol. The van der Waals surface area contributed by atoms with Gasteiger partial charge in [0.15, 0.2) is 0 Å². The molecule has 3 aromatic rings. The van der Waals surface area contributed by atoms with Crippen molar-refractivity contribution in [1.82, 2.24) is 9.88 Å². The predicted octanol–water partition coefficient (Wildman–Crippen LogP) is 4.36. The standard InChI is InChI=1S/C22H23N3O/c1-2-25(17-19-11-7-4-8-12-19)22(26)21-15-20(13-14-23-21)24-16-18-9-5-3-6-10-18/h3-15H,2,16-17H2,1H3,(H,23,24). The molecule has 1 N–H and O–H groups in total. The fourth-order valence-electron chi connectivity index (χ4n) is 2.75. The highest BCUT2D eigenvalue weighted by Gasteiger charge is 2.16. The van der Waals surface area contributed by atoms with Crippen LogP contribution in [0.5, 0.6) is 0 Å². The highest BCUT2D eigenvalue weighted by molar-refractivity contribution is 5.93. The van der Waals surface area contributed by atoms with Gasteiger partial charge in [-0.25, -0.2) is 0 Å². The Morgan fingerprint density at radius 3 is 2.27 bits per heavy atom. The molecule has 2 aromatic carbocycles. The highest BCUT2D eigenvalue weighted by Crippen LogP contribution is 2.14. The number of nitrogens with one attached hydrogen (secondary N) is 1. The molecule has 3 rings (SSSR count). The second-order valence-corrected chi connectivity index (χ2v) is 6.07. The Morgan fingerprint density at radius 1 is 0.962 bits per heavy atom. The maximum Gasteiger partial charge on any atom is 0.272 e. The normalized spacial score (nSPS) is 10.3. The number of amides is 1. The van der Waals surface area contributed by atoms with Crippen LogP contribution in [0.4, 0.5) is 5.69 Å². The van der Waals surface area contributed by atoms with Crippen molar-refractivity contribution in [2.45, 2.75) is 20.0 Å². The van der Waals surface area contributed by atoms with Gasteiger partial charge in [0, 0.05) is 31.5 Å². The molecule has 132 valence electrons. The van der Waals surface area contributed by atoms with Gasteiger partial charge in [-0.2, -0.15) is 0 Å². The Morgan fingerprint density at radius 2 is 1.62 bits per heavy atom. The van der Waals surface area contributed by atoms with Gasteiger partial charge in [0.2, 0.25) is 0 Å². The van der Waals surface area contributed by atoms with Crippen molar-refractivity contribution < 1.29 is 4.79 Å². The lowest BCUT2D eigenvalue weighted by Gasteiger charge is -2.21. The topological polar surface area (TPSA) is 45.2 Å². The predicted molar refractivity (Wildman–Crippen MR) is 105 cm³/mol. The third-order valence-corrected chi connectivity index (χ3v) is 4.20. The molecule has 0 bridgehead atoms.